The first kappa shape index (κ1) is 20.8. The third-order valence-corrected chi connectivity index (χ3v) is 4.70. The molecule has 1 heterocycles. The average molecular weight is 397 g/mol. The molecule has 1 aliphatic heterocycles. The summed E-state index contributed by atoms with van der Waals surface area (Å²) in [6.45, 7) is 5.83. The molecule has 0 unspecified atom stereocenters. The van der Waals surface area contributed by atoms with E-state index in [-0.39, 0.29) is 18.6 Å². The van der Waals surface area contributed by atoms with Crippen molar-refractivity contribution in [2.24, 2.45) is 0 Å². The van der Waals surface area contributed by atoms with Crippen molar-refractivity contribution in [1.82, 2.24) is 10.2 Å². The maximum atomic E-state index is 12.9. The lowest BCUT2D eigenvalue weighted by Crippen LogP contribution is -2.43. The van der Waals surface area contributed by atoms with Crippen LogP contribution in [0.15, 0.2) is 54.6 Å². The lowest BCUT2D eigenvalue weighted by Gasteiger charge is -2.31. The summed E-state index contributed by atoms with van der Waals surface area (Å²) in [5, 5.41) is 5.76. The van der Waals surface area contributed by atoms with E-state index in [1.54, 1.807) is 31.2 Å². The standard InChI is InChI=1S/C22H27N3O4/c1-2-29-22(27)23-19-10-6-9-18(15-19)21(26)24-20(17-7-4-3-5-8-17)16-25-11-13-28-14-12-25/h3-10,15,20H,2,11-14,16H2,1H3,(H,23,27)(H,24,26)/t20-/m1/s1. The van der Waals surface area contributed by atoms with E-state index in [1.165, 1.54) is 0 Å². The van der Waals surface area contributed by atoms with Gasteiger partial charge in [0, 0.05) is 30.9 Å². The molecule has 0 saturated carbocycles. The van der Waals surface area contributed by atoms with Gasteiger partial charge in [0.15, 0.2) is 0 Å². The highest BCUT2D eigenvalue weighted by atomic mass is 16.5. The molecule has 1 atom stereocenters. The summed E-state index contributed by atoms with van der Waals surface area (Å²) in [4.78, 5) is 26.9. The third-order valence-electron chi connectivity index (χ3n) is 4.70. The number of benzene rings is 2. The predicted octanol–water partition coefficient (Wildman–Crippen LogP) is 3.06. The van der Waals surface area contributed by atoms with Gasteiger partial charge in [-0.1, -0.05) is 36.4 Å². The van der Waals surface area contributed by atoms with Gasteiger partial charge < -0.3 is 14.8 Å². The maximum Gasteiger partial charge on any atom is 0.411 e. The van der Waals surface area contributed by atoms with E-state index in [4.69, 9.17) is 9.47 Å². The maximum absolute atomic E-state index is 12.9. The lowest BCUT2D eigenvalue weighted by atomic mass is 10.1. The molecule has 0 aliphatic carbocycles. The van der Waals surface area contributed by atoms with Gasteiger partial charge in [-0.25, -0.2) is 4.79 Å². The minimum Gasteiger partial charge on any atom is -0.450 e. The van der Waals surface area contributed by atoms with E-state index >= 15 is 0 Å². The van der Waals surface area contributed by atoms with Crippen LogP contribution in [-0.2, 0) is 9.47 Å². The number of hydrogen-bond acceptors (Lipinski definition) is 5. The number of carbonyl (C=O) groups is 2. The van der Waals surface area contributed by atoms with Crippen LogP contribution in [-0.4, -0.2) is 56.4 Å². The first-order chi connectivity index (χ1) is 14.2. The number of morpholine rings is 1. The first-order valence-corrected chi connectivity index (χ1v) is 9.85. The molecule has 1 saturated heterocycles. The molecular weight excluding hydrogens is 370 g/mol. The normalized spacial score (nSPS) is 15.3. The molecule has 154 valence electrons. The van der Waals surface area contributed by atoms with Crippen LogP contribution in [0.5, 0.6) is 0 Å². The molecule has 7 heteroatoms. The number of nitrogens with one attached hydrogen (secondary N) is 2. The Hall–Kier alpha value is -2.90. The molecule has 0 aromatic heterocycles. The van der Waals surface area contributed by atoms with Gasteiger partial charge in [0.05, 0.1) is 25.9 Å². The molecule has 1 aliphatic rings. The summed E-state index contributed by atoms with van der Waals surface area (Å²) in [6, 6.07) is 16.6. The van der Waals surface area contributed by atoms with Gasteiger partial charge in [0.25, 0.3) is 5.91 Å². The number of amides is 2. The first-order valence-electron chi connectivity index (χ1n) is 9.85. The lowest BCUT2D eigenvalue weighted by molar-refractivity contribution is 0.0332. The van der Waals surface area contributed by atoms with Crippen LogP contribution in [0.4, 0.5) is 10.5 Å². The molecule has 2 N–H and O–H groups in total. The number of nitrogens with zero attached hydrogens (tertiary/aromatic N) is 1. The fourth-order valence-corrected chi connectivity index (χ4v) is 3.23. The van der Waals surface area contributed by atoms with Gasteiger partial charge in [0.2, 0.25) is 0 Å². The Morgan fingerprint density at radius 1 is 1.10 bits per heavy atom. The van der Waals surface area contributed by atoms with Crippen molar-refractivity contribution in [3.63, 3.8) is 0 Å². The van der Waals surface area contributed by atoms with Crippen molar-refractivity contribution in [3.05, 3.63) is 65.7 Å². The van der Waals surface area contributed by atoms with E-state index in [9.17, 15) is 9.59 Å². The molecule has 2 aromatic carbocycles. The molecule has 1 fully saturated rings. The smallest absolute Gasteiger partial charge is 0.411 e. The van der Waals surface area contributed by atoms with Crippen molar-refractivity contribution in [1.29, 1.82) is 0 Å². The van der Waals surface area contributed by atoms with Crippen LogP contribution in [0.2, 0.25) is 0 Å². The Kier molecular flexibility index (Phi) is 7.61. The van der Waals surface area contributed by atoms with Crippen LogP contribution in [0, 0.1) is 0 Å². The van der Waals surface area contributed by atoms with Crippen molar-refractivity contribution >= 4 is 17.7 Å². The third kappa shape index (κ3) is 6.30. The number of rotatable bonds is 7. The number of carbonyl (C=O) groups excluding carboxylic acids is 2. The summed E-state index contributed by atoms with van der Waals surface area (Å²) in [5.74, 6) is -0.195. The minimum atomic E-state index is -0.542. The van der Waals surface area contributed by atoms with E-state index in [2.05, 4.69) is 15.5 Å². The van der Waals surface area contributed by atoms with Gasteiger partial charge in [-0.15, -0.1) is 0 Å². The Labute approximate surface area is 171 Å². The molecule has 0 radical (unpaired) electrons. The quantitative estimate of drug-likeness (QED) is 0.751. The fourth-order valence-electron chi connectivity index (χ4n) is 3.23. The highest BCUT2D eigenvalue weighted by molar-refractivity contribution is 5.96. The molecule has 7 nitrogen and oxygen atoms in total. The van der Waals surface area contributed by atoms with E-state index in [0.717, 1.165) is 18.7 Å². The number of ether oxygens (including phenoxy) is 2. The van der Waals surface area contributed by atoms with Crippen LogP contribution < -0.4 is 10.6 Å². The summed E-state index contributed by atoms with van der Waals surface area (Å²) < 4.78 is 10.3. The van der Waals surface area contributed by atoms with Crippen molar-refractivity contribution in [2.75, 3.05) is 44.8 Å². The Balaban J connectivity index is 1.71. The zero-order chi connectivity index (χ0) is 20.5. The van der Waals surface area contributed by atoms with E-state index in [0.29, 0.717) is 31.0 Å². The van der Waals surface area contributed by atoms with Crippen molar-refractivity contribution in [3.8, 4) is 0 Å². The summed E-state index contributed by atoms with van der Waals surface area (Å²) in [7, 11) is 0. The van der Waals surface area contributed by atoms with Crippen molar-refractivity contribution < 1.29 is 19.1 Å². The molecule has 3 rings (SSSR count). The highest BCUT2D eigenvalue weighted by Gasteiger charge is 2.21. The minimum absolute atomic E-state index is 0.150. The Bertz CT molecular complexity index is 807. The Morgan fingerprint density at radius 3 is 2.59 bits per heavy atom. The van der Waals surface area contributed by atoms with Gasteiger partial charge >= 0.3 is 6.09 Å². The van der Waals surface area contributed by atoms with Crippen LogP contribution in [0.25, 0.3) is 0 Å². The van der Waals surface area contributed by atoms with Gasteiger partial charge in [0.1, 0.15) is 0 Å². The second-order valence-corrected chi connectivity index (χ2v) is 6.78. The Morgan fingerprint density at radius 2 is 1.86 bits per heavy atom. The van der Waals surface area contributed by atoms with E-state index in [1.807, 2.05) is 30.3 Å². The molecule has 29 heavy (non-hydrogen) atoms. The average Bonchev–Trinajstić information content (AvgIpc) is 2.75. The second-order valence-electron chi connectivity index (χ2n) is 6.78. The van der Waals surface area contributed by atoms with Crippen LogP contribution in [0.1, 0.15) is 28.9 Å². The zero-order valence-electron chi connectivity index (χ0n) is 16.6. The molecular formula is C22H27N3O4. The zero-order valence-corrected chi connectivity index (χ0v) is 16.6. The van der Waals surface area contributed by atoms with Gasteiger partial charge in [-0.05, 0) is 30.7 Å². The summed E-state index contributed by atoms with van der Waals surface area (Å²) >= 11 is 0. The fraction of sp³-hybridized carbons (Fsp3) is 0.364. The molecule has 0 spiro atoms. The number of hydrogen-bond donors (Lipinski definition) is 2. The van der Waals surface area contributed by atoms with Crippen LogP contribution in [0.3, 0.4) is 0 Å². The summed E-state index contributed by atoms with van der Waals surface area (Å²) in [5.41, 5.74) is 2.04. The predicted molar refractivity (Wildman–Crippen MR) is 111 cm³/mol. The number of anilines is 1. The summed E-state index contributed by atoms with van der Waals surface area (Å²) in [6.07, 6.45) is -0.542. The molecule has 0 bridgehead atoms. The molecule has 2 aromatic rings. The molecule has 2 amide bonds. The second kappa shape index (κ2) is 10.6. The van der Waals surface area contributed by atoms with Crippen molar-refractivity contribution in [2.45, 2.75) is 13.0 Å². The highest BCUT2D eigenvalue weighted by Crippen LogP contribution is 2.17. The monoisotopic (exact) mass is 397 g/mol. The van der Waals surface area contributed by atoms with E-state index < -0.39 is 6.09 Å². The van der Waals surface area contributed by atoms with Gasteiger partial charge in [-0.3, -0.25) is 15.0 Å². The largest absolute Gasteiger partial charge is 0.450 e. The van der Waals surface area contributed by atoms with Gasteiger partial charge in [-0.2, -0.15) is 0 Å². The van der Waals surface area contributed by atoms with Crippen LogP contribution >= 0.6 is 0 Å². The topological polar surface area (TPSA) is 79.9 Å². The SMILES string of the molecule is CCOC(=O)Nc1cccc(C(=O)N[C@H](CN2CCOCC2)c2ccccc2)c1.